The SMILES string of the molecule is CCS(=O)(=O)c1cc(C(F)(F)F)nnc1-c1nc2cc(C(F)(F)F)cnc2n1C. The van der Waals surface area contributed by atoms with Crippen molar-refractivity contribution in [3.05, 3.63) is 29.6 Å². The number of nitrogens with zero attached hydrogens (tertiary/aromatic N) is 5. The van der Waals surface area contributed by atoms with Gasteiger partial charge in [-0.1, -0.05) is 6.92 Å². The Morgan fingerprint density at radius 1 is 1.03 bits per heavy atom. The molecule has 0 saturated heterocycles. The first-order valence-corrected chi connectivity index (χ1v) is 9.48. The predicted molar refractivity (Wildman–Crippen MR) is 87.3 cm³/mol. The van der Waals surface area contributed by atoms with Crippen LogP contribution in [0.2, 0.25) is 0 Å². The molecule has 7 nitrogen and oxygen atoms in total. The summed E-state index contributed by atoms with van der Waals surface area (Å²) < 4.78 is 103. The number of rotatable bonds is 3. The first-order valence-electron chi connectivity index (χ1n) is 7.83. The van der Waals surface area contributed by atoms with Crippen molar-refractivity contribution >= 4 is 21.0 Å². The third-order valence-electron chi connectivity index (χ3n) is 4.01. The Morgan fingerprint density at radius 2 is 1.69 bits per heavy atom. The molecule has 0 aromatic carbocycles. The molecular formula is C15H11F6N5O2S. The Kier molecular flexibility index (Phi) is 4.80. The minimum atomic E-state index is -4.95. The van der Waals surface area contributed by atoms with Gasteiger partial charge in [-0.25, -0.2) is 18.4 Å². The first kappa shape index (κ1) is 21.0. The number of pyridine rings is 1. The van der Waals surface area contributed by atoms with Crippen molar-refractivity contribution in [3.8, 4) is 11.5 Å². The molecule has 0 atom stereocenters. The van der Waals surface area contributed by atoms with Crippen LogP contribution in [-0.4, -0.2) is 38.9 Å². The molecule has 0 aliphatic rings. The average Bonchev–Trinajstić information content (AvgIpc) is 2.96. The van der Waals surface area contributed by atoms with Crippen LogP contribution in [0.5, 0.6) is 0 Å². The van der Waals surface area contributed by atoms with Crippen molar-refractivity contribution in [3.63, 3.8) is 0 Å². The molecule has 14 heteroatoms. The van der Waals surface area contributed by atoms with Gasteiger partial charge in [-0.2, -0.15) is 26.3 Å². The van der Waals surface area contributed by atoms with E-state index in [1.165, 1.54) is 14.0 Å². The second-order valence-electron chi connectivity index (χ2n) is 5.90. The van der Waals surface area contributed by atoms with E-state index in [0.717, 1.165) is 4.57 Å². The number of halogens is 6. The molecule has 0 aliphatic carbocycles. The summed E-state index contributed by atoms with van der Waals surface area (Å²) in [5.41, 5.74) is -3.42. The van der Waals surface area contributed by atoms with Crippen LogP contribution in [0.3, 0.4) is 0 Å². The fourth-order valence-corrected chi connectivity index (χ4v) is 3.53. The molecule has 0 radical (unpaired) electrons. The van der Waals surface area contributed by atoms with Crippen LogP contribution in [0, 0.1) is 0 Å². The molecule has 3 aromatic heterocycles. The van der Waals surface area contributed by atoms with Crippen LogP contribution < -0.4 is 0 Å². The molecule has 0 amide bonds. The van der Waals surface area contributed by atoms with Gasteiger partial charge in [0.05, 0.1) is 11.3 Å². The Balaban J connectivity index is 2.30. The third kappa shape index (κ3) is 3.75. The Hall–Kier alpha value is -2.77. The highest BCUT2D eigenvalue weighted by Crippen LogP contribution is 2.34. The van der Waals surface area contributed by atoms with Crippen LogP contribution in [-0.2, 0) is 29.2 Å². The lowest BCUT2D eigenvalue weighted by Crippen LogP contribution is -2.15. The lowest BCUT2D eigenvalue weighted by atomic mass is 10.2. The summed E-state index contributed by atoms with van der Waals surface area (Å²) >= 11 is 0. The second-order valence-corrected chi connectivity index (χ2v) is 8.15. The van der Waals surface area contributed by atoms with Crippen molar-refractivity contribution in [2.75, 3.05) is 5.75 Å². The maximum atomic E-state index is 13.0. The summed E-state index contributed by atoms with van der Waals surface area (Å²) in [5, 5.41) is 6.38. The van der Waals surface area contributed by atoms with Gasteiger partial charge in [0.2, 0.25) is 0 Å². The quantitative estimate of drug-likeness (QED) is 0.582. The Morgan fingerprint density at radius 3 is 2.24 bits per heavy atom. The summed E-state index contributed by atoms with van der Waals surface area (Å²) in [4.78, 5) is 6.79. The van der Waals surface area contributed by atoms with Gasteiger partial charge in [-0.05, 0) is 12.1 Å². The maximum absolute atomic E-state index is 13.0. The molecule has 0 fully saturated rings. The van der Waals surface area contributed by atoms with Crippen LogP contribution in [0.1, 0.15) is 18.2 Å². The molecule has 0 aliphatic heterocycles. The first-order chi connectivity index (χ1) is 13.3. The van der Waals surface area contributed by atoms with Gasteiger partial charge in [0, 0.05) is 13.2 Å². The van der Waals surface area contributed by atoms with E-state index in [4.69, 9.17) is 0 Å². The zero-order valence-electron chi connectivity index (χ0n) is 14.7. The van der Waals surface area contributed by atoms with Crippen molar-refractivity contribution < 1.29 is 34.8 Å². The normalized spacial score (nSPS) is 13.2. The van der Waals surface area contributed by atoms with Gasteiger partial charge < -0.3 is 4.57 Å². The molecular weight excluding hydrogens is 428 g/mol. The van der Waals surface area contributed by atoms with E-state index in [9.17, 15) is 34.8 Å². The van der Waals surface area contributed by atoms with Gasteiger partial charge in [-0.15, -0.1) is 10.2 Å². The molecule has 156 valence electrons. The highest BCUT2D eigenvalue weighted by molar-refractivity contribution is 7.91. The summed E-state index contributed by atoms with van der Waals surface area (Å²) in [5.74, 6) is -0.830. The smallest absolute Gasteiger partial charge is 0.310 e. The molecule has 3 rings (SSSR count). The van der Waals surface area contributed by atoms with E-state index in [0.29, 0.717) is 18.3 Å². The topological polar surface area (TPSA) is 90.6 Å². The number of sulfone groups is 1. The summed E-state index contributed by atoms with van der Waals surface area (Å²) in [7, 11) is -2.89. The minimum Gasteiger partial charge on any atom is -0.310 e. The van der Waals surface area contributed by atoms with E-state index in [1.54, 1.807) is 0 Å². The minimum absolute atomic E-state index is 0.0467. The van der Waals surface area contributed by atoms with E-state index in [-0.39, 0.29) is 17.0 Å². The van der Waals surface area contributed by atoms with Gasteiger partial charge in [0.15, 0.2) is 27.0 Å². The highest BCUT2D eigenvalue weighted by atomic mass is 32.2. The summed E-state index contributed by atoms with van der Waals surface area (Å²) in [6, 6.07) is 1.02. The molecule has 3 aromatic rings. The van der Waals surface area contributed by atoms with Crippen molar-refractivity contribution in [1.29, 1.82) is 0 Å². The van der Waals surface area contributed by atoms with Gasteiger partial charge in [0.25, 0.3) is 0 Å². The maximum Gasteiger partial charge on any atom is 0.435 e. The van der Waals surface area contributed by atoms with Gasteiger partial charge in [-0.3, -0.25) is 0 Å². The van der Waals surface area contributed by atoms with E-state index < -0.39 is 49.8 Å². The number of hydrogen-bond acceptors (Lipinski definition) is 6. The summed E-state index contributed by atoms with van der Waals surface area (Å²) in [6.45, 7) is 1.22. The number of aryl methyl sites for hydroxylation is 1. The lowest BCUT2D eigenvalue weighted by Gasteiger charge is -2.11. The van der Waals surface area contributed by atoms with Crippen molar-refractivity contribution in [2.24, 2.45) is 7.05 Å². The van der Waals surface area contributed by atoms with Crippen LogP contribution in [0.25, 0.3) is 22.7 Å². The number of hydrogen-bond donors (Lipinski definition) is 0. The highest BCUT2D eigenvalue weighted by Gasteiger charge is 2.36. The van der Waals surface area contributed by atoms with E-state index >= 15 is 0 Å². The van der Waals surface area contributed by atoms with E-state index in [1.807, 2.05) is 0 Å². The molecule has 3 heterocycles. The average molecular weight is 439 g/mol. The second kappa shape index (κ2) is 6.64. The molecule has 0 unspecified atom stereocenters. The van der Waals surface area contributed by atoms with Gasteiger partial charge in [0.1, 0.15) is 16.1 Å². The molecule has 0 saturated carbocycles. The fourth-order valence-electron chi connectivity index (χ4n) is 2.50. The van der Waals surface area contributed by atoms with E-state index in [2.05, 4.69) is 20.2 Å². The number of imidazole rings is 1. The van der Waals surface area contributed by atoms with Crippen molar-refractivity contribution in [2.45, 2.75) is 24.2 Å². The van der Waals surface area contributed by atoms with Crippen LogP contribution >= 0.6 is 0 Å². The zero-order chi connectivity index (χ0) is 21.8. The fraction of sp³-hybridized carbons (Fsp3) is 0.333. The number of alkyl halides is 6. The molecule has 29 heavy (non-hydrogen) atoms. The molecule has 0 bridgehead atoms. The number of aromatic nitrogens is 5. The molecule has 0 spiro atoms. The number of fused-ring (bicyclic) bond motifs is 1. The van der Waals surface area contributed by atoms with Crippen LogP contribution in [0.4, 0.5) is 26.3 Å². The van der Waals surface area contributed by atoms with Gasteiger partial charge >= 0.3 is 12.4 Å². The lowest BCUT2D eigenvalue weighted by molar-refractivity contribution is -0.142. The molecule has 0 N–H and O–H groups in total. The van der Waals surface area contributed by atoms with Crippen LogP contribution in [0.15, 0.2) is 23.2 Å². The largest absolute Gasteiger partial charge is 0.435 e. The third-order valence-corrected chi connectivity index (χ3v) is 5.75. The summed E-state index contributed by atoms with van der Waals surface area (Å²) in [6.07, 6.45) is -9.07. The Labute approximate surface area is 159 Å². The standard InChI is InChI=1S/C15H11F6N5O2S/c1-3-29(27,28)9-5-10(15(19,20)21)24-25-11(9)13-23-8-4-7(14(16,17)18)6-22-12(8)26(13)2/h4-6H,3H2,1-2H3. The monoisotopic (exact) mass is 439 g/mol. The predicted octanol–water partition coefficient (Wildman–Crippen LogP) is 3.26. The zero-order valence-corrected chi connectivity index (χ0v) is 15.5. The van der Waals surface area contributed by atoms with Crippen molar-refractivity contribution in [1.82, 2.24) is 24.7 Å². The Bertz CT molecular complexity index is 1200.